The average molecular weight is 183 g/mol. The van der Waals surface area contributed by atoms with Crippen molar-refractivity contribution in [3.8, 4) is 6.07 Å². The van der Waals surface area contributed by atoms with Crippen LogP contribution in [0, 0.1) is 11.3 Å². The topological polar surface area (TPSA) is 45.8 Å². The first kappa shape index (κ1) is 8.82. The summed E-state index contributed by atoms with van der Waals surface area (Å²) in [5, 5.41) is 7.74. The third-order valence-electron chi connectivity index (χ3n) is 1.40. The van der Waals surface area contributed by atoms with Crippen LogP contribution in [0.1, 0.15) is 0 Å². The van der Waals surface area contributed by atoms with Gasteiger partial charge in [0.15, 0.2) is 0 Å². The standard InChI is InChI=1S/C8H7ClN2O/c9-7(5-10)6-11-4-2-1-3-8(11)12/h1-4,7H,6H2. The number of pyridine rings is 1. The molecule has 0 amide bonds. The lowest BCUT2D eigenvalue weighted by atomic mass is 10.4. The second-order valence-electron chi connectivity index (χ2n) is 2.29. The molecule has 1 heterocycles. The molecule has 4 heteroatoms. The van der Waals surface area contributed by atoms with E-state index in [0.29, 0.717) is 0 Å². The molecule has 0 aliphatic heterocycles. The number of rotatable bonds is 2. The van der Waals surface area contributed by atoms with E-state index >= 15 is 0 Å². The Balaban J connectivity index is 2.85. The number of nitriles is 1. The smallest absolute Gasteiger partial charge is 0.250 e. The molecule has 1 atom stereocenters. The molecule has 62 valence electrons. The summed E-state index contributed by atoms with van der Waals surface area (Å²) >= 11 is 5.55. The van der Waals surface area contributed by atoms with Crippen LogP contribution in [0.3, 0.4) is 0 Å². The van der Waals surface area contributed by atoms with Crippen LogP contribution < -0.4 is 5.56 Å². The van der Waals surface area contributed by atoms with E-state index in [9.17, 15) is 4.79 Å². The molecule has 1 unspecified atom stereocenters. The van der Waals surface area contributed by atoms with Crippen molar-refractivity contribution in [1.29, 1.82) is 5.26 Å². The Morgan fingerprint density at radius 1 is 1.67 bits per heavy atom. The van der Waals surface area contributed by atoms with Crippen molar-refractivity contribution in [2.45, 2.75) is 11.9 Å². The van der Waals surface area contributed by atoms with Gasteiger partial charge < -0.3 is 4.57 Å². The molecule has 1 aromatic rings. The Morgan fingerprint density at radius 2 is 2.42 bits per heavy atom. The number of hydrogen-bond acceptors (Lipinski definition) is 2. The Hall–Kier alpha value is -1.27. The number of hydrogen-bond donors (Lipinski definition) is 0. The summed E-state index contributed by atoms with van der Waals surface area (Å²) in [5.74, 6) is 0. The van der Waals surface area contributed by atoms with Crippen LogP contribution in [0.25, 0.3) is 0 Å². The van der Waals surface area contributed by atoms with Crippen molar-refractivity contribution in [3.63, 3.8) is 0 Å². The highest BCUT2D eigenvalue weighted by Crippen LogP contribution is 1.95. The van der Waals surface area contributed by atoms with Crippen molar-refractivity contribution in [2.24, 2.45) is 0 Å². The Labute approximate surface area is 74.8 Å². The van der Waals surface area contributed by atoms with E-state index in [-0.39, 0.29) is 12.1 Å². The molecule has 0 spiro atoms. The third kappa shape index (κ3) is 2.11. The van der Waals surface area contributed by atoms with E-state index in [0.717, 1.165) is 0 Å². The molecular formula is C8H7ClN2O. The van der Waals surface area contributed by atoms with Gasteiger partial charge in [-0.05, 0) is 6.07 Å². The number of alkyl halides is 1. The minimum Gasteiger partial charge on any atom is -0.313 e. The lowest BCUT2D eigenvalue weighted by molar-refractivity contribution is 0.691. The first-order valence-corrected chi connectivity index (χ1v) is 3.87. The van der Waals surface area contributed by atoms with Crippen LogP contribution in [0.2, 0.25) is 0 Å². The Morgan fingerprint density at radius 3 is 3.00 bits per heavy atom. The first-order chi connectivity index (χ1) is 5.74. The van der Waals surface area contributed by atoms with Crippen molar-refractivity contribution in [2.75, 3.05) is 0 Å². The molecule has 1 aromatic heterocycles. The van der Waals surface area contributed by atoms with Gasteiger partial charge in [-0.15, -0.1) is 11.6 Å². The van der Waals surface area contributed by atoms with Gasteiger partial charge in [0.05, 0.1) is 12.6 Å². The second kappa shape index (κ2) is 3.93. The van der Waals surface area contributed by atoms with E-state index < -0.39 is 5.38 Å². The summed E-state index contributed by atoms with van der Waals surface area (Å²) in [5.41, 5.74) is -0.140. The van der Waals surface area contributed by atoms with Crippen LogP contribution in [-0.2, 0) is 6.54 Å². The van der Waals surface area contributed by atoms with Crippen molar-refractivity contribution in [1.82, 2.24) is 4.57 Å². The SMILES string of the molecule is N#CC(Cl)Cn1ccccc1=O. The van der Waals surface area contributed by atoms with Gasteiger partial charge in [-0.2, -0.15) is 5.26 Å². The van der Waals surface area contributed by atoms with E-state index in [1.54, 1.807) is 18.3 Å². The molecule has 1 rings (SSSR count). The molecule has 0 saturated carbocycles. The minimum absolute atomic E-state index is 0.140. The maximum atomic E-state index is 11.1. The highest BCUT2D eigenvalue weighted by Gasteiger charge is 2.02. The van der Waals surface area contributed by atoms with Crippen molar-refractivity contribution >= 4 is 11.6 Å². The quantitative estimate of drug-likeness (QED) is 0.640. The van der Waals surface area contributed by atoms with Crippen molar-refractivity contribution in [3.05, 3.63) is 34.7 Å². The minimum atomic E-state index is -0.648. The second-order valence-corrected chi connectivity index (χ2v) is 2.81. The molecule has 0 bridgehead atoms. The summed E-state index contributed by atoms with van der Waals surface area (Å²) in [6.07, 6.45) is 1.61. The summed E-state index contributed by atoms with van der Waals surface area (Å²) in [6.45, 7) is 0.234. The lowest BCUT2D eigenvalue weighted by Gasteiger charge is -2.03. The number of nitrogens with zero attached hydrogens (tertiary/aromatic N) is 2. The molecule has 0 aromatic carbocycles. The van der Waals surface area contributed by atoms with E-state index in [4.69, 9.17) is 16.9 Å². The van der Waals surface area contributed by atoms with Gasteiger partial charge >= 0.3 is 0 Å². The van der Waals surface area contributed by atoms with Gasteiger partial charge in [-0.3, -0.25) is 4.79 Å². The molecule has 0 N–H and O–H groups in total. The Kier molecular flexibility index (Phi) is 2.89. The summed E-state index contributed by atoms with van der Waals surface area (Å²) in [7, 11) is 0. The highest BCUT2D eigenvalue weighted by molar-refractivity contribution is 6.22. The number of halogens is 1. The van der Waals surface area contributed by atoms with Crippen LogP contribution in [0.15, 0.2) is 29.2 Å². The van der Waals surface area contributed by atoms with Crippen LogP contribution >= 0.6 is 11.6 Å². The zero-order valence-electron chi connectivity index (χ0n) is 6.27. The average Bonchev–Trinajstić information content (AvgIpc) is 2.09. The van der Waals surface area contributed by atoms with Gasteiger partial charge in [0.1, 0.15) is 5.38 Å². The molecule has 3 nitrogen and oxygen atoms in total. The zero-order valence-corrected chi connectivity index (χ0v) is 7.03. The normalized spacial score (nSPS) is 12.0. The van der Waals surface area contributed by atoms with E-state index in [1.165, 1.54) is 10.6 Å². The fourth-order valence-corrected chi connectivity index (χ4v) is 0.974. The summed E-state index contributed by atoms with van der Waals surface area (Å²) in [4.78, 5) is 11.1. The summed E-state index contributed by atoms with van der Waals surface area (Å²) < 4.78 is 1.40. The molecule has 0 saturated heterocycles. The maximum absolute atomic E-state index is 11.1. The van der Waals surface area contributed by atoms with Crippen LogP contribution in [0.5, 0.6) is 0 Å². The number of aromatic nitrogens is 1. The predicted octanol–water partition coefficient (Wildman–Crippen LogP) is 0.979. The van der Waals surface area contributed by atoms with Gasteiger partial charge in [-0.1, -0.05) is 6.07 Å². The van der Waals surface area contributed by atoms with Crippen molar-refractivity contribution < 1.29 is 0 Å². The first-order valence-electron chi connectivity index (χ1n) is 3.43. The van der Waals surface area contributed by atoms with Gasteiger partial charge in [0, 0.05) is 12.3 Å². The fourth-order valence-electron chi connectivity index (χ4n) is 0.825. The van der Waals surface area contributed by atoms with Gasteiger partial charge in [-0.25, -0.2) is 0 Å². The Bertz CT molecular complexity index is 353. The zero-order chi connectivity index (χ0) is 8.97. The summed E-state index contributed by atoms with van der Waals surface area (Å²) in [6, 6.07) is 6.65. The van der Waals surface area contributed by atoms with E-state index in [2.05, 4.69) is 0 Å². The molecule has 0 fully saturated rings. The highest BCUT2D eigenvalue weighted by atomic mass is 35.5. The van der Waals surface area contributed by atoms with Gasteiger partial charge in [0.2, 0.25) is 0 Å². The van der Waals surface area contributed by atoms with Gasteiger partial charge in [0.25, 0.3) is 5.56 Å². The monoisotopic (exact) mass is 182 g/mol. The van der Waals surface area contributed by atoms with Crippen LogP contribution in [-0.4, -0.2) is 9.94 Å². The maximum Gasteiger partial charge on any atom is 0.250 e. The van der Waals surface area contributed by atoms with E-state index in [1.807, 2.05) is 6.07 Å². The lowest BCUT2D eigenvalue weighted by Crippen LogP contribution is -2.21. The molecular weight excluding hydrogens is 176 g/mol. The molecule has 0 radical (unpaired) electrons. The van der Waals surface area contributed by atoms with Crippen LogP contribution in [0.4, 0.5) is 0 Å². The predicted molar refractivity (Wildman–Crippen MR) is 46.0 cm³/mol. The molecule has 0 aliphatic carbocycles. The molecule has 0 aliphatic rings. The largest absolute Gasteiger partial charge is 0.313 e. The third-order valence-corrected chi connectivity index (χ3v) is 1.63. The fraction of sp³-hybridized carbons (Fsp3) is 0.250. The molecule has 12 heavy (non-hydrogen) atoms.